The lowest BCUT2D eigenvalue weighted by atomic mass is 10.2. The van der Waals surface area contributed by atoms with Crippen molar-refractivity contribution in [3.8, 4) is 0 Å². The molecule has 20 heavy (non-hydrogen) atoms. The van der Waals surface area contributed by atoms with Crippen LogP contribution in [-0.2, 0) is 6.54 Å². The van der Waals surface area contributed by atoms with E-state index in [9.17, 15) is 0 Å². The van der Waals surface area contributed by atoms with Crippen molar-refractivity contribution >= 4 is 44.3 Å². The predicted octanol–water partition coefficient (Wildman–Crippen LogP) is 4.66. The molecule has 100 valence electrons. The normalized spacial score (nSPS) is 10.7. The van der Waals surface area contributed by atoms with Gasteiger partial charge in [-0.2, -0.15) is 0 Å². The summed E-state index contributed by atoms with van der Waals surface area (Å²) >= 11 is 9.65. The molecule has 0 saturated heterocycles. The fraction of sp³-hybridized carbons (Fsp3) is 0.0667. The molecule has 1 N–H and O–H groups in total. The highest BCUT2D eigenvalue weighted by Crippen LogP contribution is 2.26. The van der Waals surface area contributed by atoms with Gasteiger partial charge in [0, 0.05) is 21.4 Å². The second-order valence-corrected chi connectivity index (χ2v) is 5.56. The molecule has 3 aromatic rings. The number of para-hydroxylation sites is 1. The third kappa shape index (κ3) is 2.62. The van der Waals surface area contributed by atoms with E-state index in [0.717, 1.165) is 31.8 Å². The molecule has 0 atom stereocenters. The van der Waals surface area contributed by atoms with Crippen LogP contribution in [0.5, 0.6) is 0 Å². The summed E-state index contributed by atoms with van der Waals surface area (Å²) in [5.74, 6) is 0.802. The second-order valence-electron chi connectivity index (χ2n) is 4.30. The van der Waals surface area contributed by atoms with Gasteiger partial charge in [0.15, 0.2) is 0 Å². The van der Waals surface area contributed by atoms with Crippen molar-refractivity contribution in [3.05, 3.63) is 63.9 Å². The minimum atomic E-state index is 0.623. The van der Waals surface area contributed by atoms with E-state index in [2.05, 4.69) is 31.2 Å². The zero-order valence-electron chi connectivity index (χ0n) is 10.5. The highest BCUT2D eigenvalue weighted by atomic mass is 79.9. The first kappa shape index (κ1) is 13.3. The van der Waals surface area contributed by atoms with Crippen molar-refractivity contribution < 1.29 is 0 Å². The number of rotatable bonds is 3. The molecule has 0 amide bonds. The molecule has 0 saturated carbocycles. The zero-order valence-corrected chi connectivity index (χ0v) is 12.8. The topological polar surface area (TPSA) is 37.8 Å². The average Bonchev–Trinajstić information content (AvgIpc) is 2.47. The Labute approximate surface area is 130 Å². The summed E-state index contributed by atoms with van der Waals surface area (Å²) in [6.07, 6.45) is 1.56. The summed E-state index contributed by atoms with van der Waals surface area (Å²) in [4.78, 5) is 8.60. The van der Waals surface area contributed by atoms with Gasteiger partial charge < -0.3 is 5.32 Å². The number of aromatic nitrogens is 2. The molecular formula is C15H11BrClN3. The first-order valence-corrected chi connectivity index (χ1v) is 7.29. The van der Waals surface area contributed by atoms with Crippen molar-refractivity contribution in [2.24, 2.45) is 0 Å². The maximum absolute atomic E-state index is 6.15. The van der Waals surface area contributed by atoms with Gasteiger partial charge in [0.05, 0.1) is 5.52 Å². The summed E-state index contributed by atoms with van der Waals surface area (Å²) in [5, 5.41) is 5.05. The van der Waals surface area contributed by atoms with Crippen molar-refractivity contribution in [1.29, 1.82) is 0 Å². The van der Waals surface area contributed by atoms with Crippen LogP contribution < -0.4 is 5.32 Å². The Hall–Kier alpha value is -1.65. The maximum Gasteiger partial charge on any atom is 0.137 e. The number of halogens is 2. The Bertz CT molecular complexity index is 761. The lowest BCUT2D eigenvalue weighted by Gasteiger charge is -2.09. The lowest BCUT2D eigenvalue weighted by molar-refractivity contribution is 1.10. The molecule has 0 spiro atoms. The molecule has 1 heterocycles. The van der Waals surface area contributed by atoms with E-state index >= 15 is 0 Å². The molecule has 5 heteroatoms. The summed E-state index contributed by atoms with van der Waals surface area (Å²) in [6, 6.07) is 13.7. The largest absolute Gasteiger partial charge is 0.365 e. The van der Waals surface area contributed by atoms with Gasteiger partial charge in [0.25, 0.3) is 0 Å². The van der Waals surface area contributed by atoms with Gasteiger partial charge in [-0.05, 0) is 39.7 Å². The van der Waals surface area contributed by atoms with Crippen LogP contribution >= 0.6 is 27.5 Å². The molecule has 3 rings (SSSR count). The van der Waals surface area contributed by atoms with Crippen LogP contribution in [-0.4, -0.2) is 9.97 Å². The summed E-state index contributed by atoms with van der Waals surface area (Å²) in [6.45, 7) is 0.623. The summed E-state index contributed by atoms with van der Waals surface area (Å²) in [5.41, 5.74) is 1.93. The Kier molecular flexibility index (Phi) is 3.85. The fourth-order valence-corrected chi connectivity index (χ4v) is 2.68. The van der Waals surface area contributed by atoms with Crippen molar-refractivity contribution in [2.45, 2.75) is 6.54 Å². The van der Waals surface area contributed by atoms with E-state index in [-0.39, 0.29) is 0 Å². The van der Waals surface area contributed by atoms with Crippen LogP contribution in [0.2, 0.25) is 5.02 Å². The van der Waals surface area contributed by atoms with Crippen LogP contribution in [0, 0.1) is 0 Å². The number of nitrogens with one attached hydrogen (secondary N) is 1. The Morgan fingerprint density at radius 1 is 1.05 bits per heavy atom. The van der Waals surface area contributed by atoms with E-state index in [1.807, 2.05) is 42.5 Å². The Balaban J connectivity index is 1.92. The second kappa shape index (κ2) is 5.77. The summed E-state index contributed by atoms with van der Waals surface area (Å²) in [7, 11) is 0. The zero-order chi connectivity index (χ0) is 13.9. The quantitative estimate of drug-likeness (QED) is 0.748. The predicted molar refractivity (Wildman–Crippen MR) is 86.0 cm³/mol. The molecule has 0 aliphatic carbocycles. The molecule has 1 aromatic heterocycles. The highest BCUT2D eigenvalue weighted by Gasteiger charge is 2.06. The first-order valence-electron chi connectivity index (χ1n) is 6.12. The molecule has 0 radical (unpaired) electrons. The number of hydrogen-bond donors (Lipinski definition) is 1. The van der Waals surface area contributed by atoms with Gasteiger partial charge in [0.2, 0.25) is 0 Å². The van der Waals surface area contributed by atoms with E-state index in [1.54, 1.807) is 6.33 Å². The lowest BCUT2D eigenvalue weighted by Crippen LogP contribution is -2.03. The number of fused-ring (bicyclic) bond motifs is 1. The molecule has 0 bridgehead atoms. The van der Waals surface area contributed by atoms with Crippen LogP contribution in [0.25, 0.3) is 10.9 Å². The van der Waals surface area contributed by atoms with Crippen LogP contribution in [0.15, 0.2) is 53.3 Å². The third-order valence-electron chi connectivity index (χ3n) is 3.02. The average molecular weight is 349 g/mol. The minimum absolute atomic E-state index is 0.623. The van der Waals surface area contributed by atoms with Crippen molar-refractivity contribution in [3.63, 3.8) is 0 Å². The standard InChI is InChI=1S/C15H11BrClN3/c16-12-6-3-5-11-14(12)19-9-20-15(11)18-8-10-4-1-2-7-13(10)17/h1-7,9H,8H2,(H,18,19,20). The molecule has 0 fully saturated rings. The SMILES string of the molecule is Clc1ccccc1CNc1ncnc2c(Br)cccc12. The number of nitrogens with zero attached hydrogens (tertiary/aromatic N) is 2. The number of benzene rings is 2. The van der Waals surface area contributed by atoms with Gasteiger partial charge in [-0.3, -0.25) is 0 Å². The van der Waals surface area contributed by atoms with Crippen molar-refractivity contribution in [1.82, 2.24) is 9.97 Å². The summed E-state index contributed by atoms with van der Waals surface area (Å²) < 4.78 is 0.957. The number of anilines is 1. The molecule has 2 aromatic carbocycles. The molecule has 3 nitrogen and oxygen atoms in total. The fourth-order valence-electron chi connectivity index (χ4n) is 2.01. The smallest absolute Gasteiger partial charge is 0.137 e. The molecule has 0 aliphatic rings. The van der Waals surface area contributed by atoms with E-state index in [4.69, 9.17) is 11.6 Å². The monoisotopic (exact) mass is 347 g/mol. The van der Waals surface area contributed by atoms with Crippen LogP contribution in [0.3, 0.4) is 0 Å². The minimum Gasteiger partial charge on any atom is -0.365 e. The van der Waals surface area contributed by atoms with E-state index in [0.29, 0.717) is 6.54 Å². The molecular weight excluding hydrogens is 338 g/mol. The van der Waals surface area contributed by atoms with Crippen LogP contribution in [0.1, 0.15) is 5.56 Å². The van der Waals surface area contributed by atoms with Gasteiger partial charge in [0.1, 0.15) is 12.1 Å². The van der Waals surface area contributed by atoms with Crippen molar-refractivity contribution in [2.75, 3.05) is 5.32 Å². The van der Waals surface area contributed by atoms with Crippen LogP contribution in [0.4, 0.5) is 5.82 Å². The van der Waals surface area contributed by atoms with Gasteiger partial charge in [-0.25, -0.2) is 9.97 Å². The van der Waals surface area contributed by atoms with E-state index < -0.39 is 0 Å². The molecule has 0 unspecified atom stereocenters. The number of hydrogen-bond acceptors (Lipinski definition) is 3. The van der Waals surface area contributed by atoms with Gasteiger partial charge in [-0.15, -0.1) is 0 Å². The molecule has 0 aliphatic heterocycles. The Morgan fingerprint density at radius 2 is 1.90 bits per heavy atom. The van der Waals surface area contributed by atoms with Gasteiger partial charge in [-0.1, -0.05) is 35.9 Å². The first-order chi connectivity index (χ1) is 9.75. The maximum atomic E-state index is 6.15. The highest BCUT2D eigenvalue weighted by molar-refractivity contribution is 9.10. The third-order valence-corrected chi connectivity index (χ3v) is 4.03. The van der Waals surface area contributed by atoms with E-state index in [1.165, 1.54) is 0 Å². The van der Waals surface area contributed by atoms with Gasteiger partial charge >= 0.3 is 0 Å². The Morgan fingerprint density at radius 3 is 2.75 bits per heavy atom.